The molecule has 1 aromatic heterocycles. The van der Waals surface area contributed by atoms with Gasteiger partial charge in [-0.1, -0.05) is 0 Å². The zero-order valence-electron chi connectivity index (χ0n) is 15.7. The SMILES string of the molecule is Cc1ccc(CNC(C)CC2CCCCN2C(=O)OC(C)(C)C)s1. The predicted octanol–water partition coefficient (Wildman–Crippen LogP) is 4.71. The number of ether oxygens (including phenoxy) is 1. The molecule has 0 saturated carbocycles. The van der Waals surface area contributed by atoms with Crippen LogP contribution in [0, 0.1) is 6.92 Å². The van der Waals surface area contributed by atoms with Crippen LogP contribution in [-0.2, 0) is 11.3 Å². The number of likely N-dealkylation sites (tertiary alicyclic amines) is 1. The van der Waals surface area contributed by atoms with Gasteiger partial charge in [-0.15, -0.1) is 11.3 Å². The first-order valence-electron chi connectivity index (χ1n) is 9.03. The van der Waals surface area contributed by atoms with Crippen molar-refractivity contribution < 1.29 is 9.53 Å². The highest BCUT2D eigenvalue weighted by Crippen LogP contribution is 2.24. The lowest BCUT2D eigenvalue weighted by atomic mass is 9.96. The van der Waals surface area contributed by atoms with Crippen LogP contribution in [0.5, 0.6) is 0 Å². The van der Waals surface area contributed by atoms with Gasteiger partial charge in [0, 0.05) is 34.9 Å². The number of thiophene rings is 1. The molecule has 2 rings (SSSR count). The molecular weight excluding hydrogens is 320 g/mol. The number of carbonyl (C=O) groups is 1. The molecule has 1 amide bonds. The van der Waals surface area contributed by atoms with E-state index in [9.17, 15) is 4.79 Å². The summed E-state index contributed by atoms with van der Waals surface area (Å²) in [7, 11) is 0. The molecule has 0 radical (unpaired) electrons. The number of nitrogens with one attached hydrogen (secondary N) is 1. The number of aryl methyl sites for hydroxylation is 1. The second kappa shape index (κ2) is 8.34. The summed E-state index contributed by atoms with van der Waals surface area (Å²) in [4.78, 5) is 17.1. The Morgan fingerprint density at radius 3 is 2.79 bits per heavy atom. The molecule has 0 bridgehead atoms. The number of rotatable bonds is 5. The van der Waals surface area contributed by atoms with E-state index in [1.165, 1.54) is 16.2 Å². The molecule has 1 aliphatic heterocycles. The maximum Gasteiger partial charge on any atom is 0.410 e. The van der Waals surface area contributed by atoms with Crippen molar-refractivity contribution in [3.8, 4) is 0 Å². The number of carbonyl (C=O) groups excluding carboxylic acids is 1. The van der Waals surface area contributed by atoms with Gasteiger partial charge in [-0.25, -0.2) is 4.79 Å². The van der Waals surface area contributed by atoms with Crippen LogP contribution in [0.25, 0.3) is 0 Å². The van der Waals surface area contributed by atoms with E-state index in [4.69, 9.17) is 4.74 Å². The number of piperidine rings is 1. The minimum Gasteiger partial charge on any atom is -0.444 e. The maximum absolute atomic E-state index is 12.5. The minimum atomic E-state index is -0.431. The van der Waals surface area contributed by atoms with Crippen LogP contribution < -0.4 is 5.32 Å². The van der Waals surface area contributed by atoms with Crippen molar-refractivity contribution >= 4 is 17.4 Å². The number of hydrogen-bond acceptors (Lipinski definition) is 4. The molecule has 2 unspecified atom stereocenters. The lowest BCUT2D eigenvalue weighted by molar-refractivity contribution is 0.00789. The fourth-order valence-corrected chi connectivity index (χ4v) is 3.99. The summed E-state index contributed by atoms with van der Waals surface area (Å²) in [6.07, 6.45) is 4.16. The van der Waals surface area contributed by atoms with Crippen LogP contribution in [0.1, 0.15) is 63.1 Å². The molecule has 1 aromatic rings. The van der Waals surface area contributed by atoms with Gasteiger partial charge in [0.15, 0.2) is 0 Å². The van der Waals surface area contributed by atoms with Crippen molar-refractivity contribution in [2.75, 3.05) is 6.54 Å². The Balaban J connectivity index is 1.86. The van der Waals surface area contributed by atoms with Gasteiger partial charge in [-0.05, 0) is 72.4 Å². The van der Waals surface area contributed by atoms with Crippen LogP contribution in [0.3, 0.4) is 0 Å². The average molecular weight is 353 g/mol. The summed E-state index contributed by atoms with van der Waals surface area (Å²) >= 11 is 1.84. The van der Waals surface area contributed by atoms with Crippen LogP contribution >= 0.6 is 11.3 Å². The monoisotopic (exact) mass is 352 g/mol. The minimum absolute atomic E-state index is 0.159. The molecule has 2 atom stereocenters. The lowest BCUT2D eigenvalue weighted by Crippen LogP contribution is -2.48. The maximum atomic E-state index is 12.5. The van der Waals surface area contributed by atoms with Gasteiger partial charge in [0.25, 0.3) is 0 Å². The van der Waals surface area contributed by atoms with Crippen molar-refractivity contribution in [2.24, 2.45) is 0 Å². The molecular formula is C19H32N2O2S. The largest absolute Gasteiger partial charge is 0.444 e. The third-order valence-corrected chi connectivity index (χ3v) is 5.30. The normalized spacial score (nSPS) is 20.0. The Kier molecular flexibility index (Phi) is 6.70. The van der Waals surface area contributed by atoms with Crippen LogP contribution in [0.2, 0.25) is 0 Å². The van der Waals surface area contributed by atoms with E-state index in [1.807, 2.05) is 37.0 Å². The van der Waals surface area contributed by atoms with Gasteiger partial charge in [-0.3, -0.25) is 0 Å². The first kappa shape index (κ1) is 19.3. The van der Waals surface area contributed by atoms with Crippen LogP contribution in [0.4, 0.5) is 4.79 Å². The van der Waals surface area contributed by atoms with E-state index in [-0.39, 0.29) is 12.1 Å². The molecule has 0 spiro atoms. The van der Waals surface area contributed by atoms with Crippen LogP contribution in [0.15, 0.2) is 12.1 Å². The summed E-state index contributed by atoms with van der Waals surface area (Å²) < 4.78 is 5.59. The van der Waals surface area contributed by atoms with Gasteiger partial charge in [0.1, 0.15) is 5.60 Å². The molecule has 5 heteroatoms. The highest BCUT2D eigenvalue weighted by molar-refractivity contribution is 7.11. The van der Waals surface area contributed by atoms with Crippen molar-refractivity contribution in [3.63, 3.8) is 0 Å². The Morgan fingerprint density at radius 1 is 1.42 bits per heavy atom. The average Bonchev–Trinajstić information content (AvgIpc) is 2.89. The summed E-state index contributed by atoms with van der Waals surface area (Å²) in [6.45, 7) is 11.8. The fraction of sp³-hybridized carbons (Fsp3) is 0.737. The third-order valence-electron chi connectivity index (χ3n) is 4.30. The summed E-state index contributed by atoms with van der Waals surface area (Å²) in [5, 5.41) is 3.60. The topological polar surface area (TPSA) is 41.6 Å². The Morgan fingerprint density at radius 2 is 2.17 bits per heavy atom. The summed E-state index contributed by atoms with van der Waals surface area (Å²) in [5.74, 6) is 0. The molecule has 1 fully saturated rings. The Labute approximate surface area is 150 Å². The van der Waals surface area contributed by atoms with E-state index < -0.39 is 5.60 Å². The van der Waals surface area contributed by atoms with Gasteiger partial charge in [0.2, 0.25) is 0 Å². The number of nitrogens with zero attached hydrogens (tertiary/aromatic N) is 1. The molecule has 0 aromatic carbocycles. The van der Waals surface area contributed by atoms with Gasteiger partial charge >= 0.3 is 6.09 Å². The van der Waals surface area contributed by atoms with E-state index in [0.717, 1.165) is 32.4 Å². The fourth-order valence-electron chi connectivity index (χ4n) is 3.15. The molecule has 24 heavy (non-hydrogen) atoms. The molecule has 1 N–H and O–H groups in total. The predicted molar refractivity (Wildman–Crippen MR) is 101 cm³/mol. The second-order valence-electron chi connectivity index (χ2n) is 7.85. The zero-order chi connectivity index (χ0) is 17.7. The first-order chi connectivity index (χ1) is 11.2. The van der Waals surface area contributed by atoms with Crippen molar-refractivity contribution in [1.29, 1.82) is 0 Å². The van der Waals surface area contributed by atoms with Crippen LogP contribution in [-0.4, -0.2) is 35.2 Å². The quantitative estimate of drug-likeness (QED) is 0.834. The smallest absolute Gasteiger partial charge is 0.410 e. The van der Waals surface area contributed by atoms with E-state index in [1.54, 1.807) is 0 Å². The lowest BCUT2D eigenvalue weighted by Gasteiger charge is -2.38. The van der Waals surface area contributed by atoms with Crippen molar-refractivity contribution in [3.05, 3.63) is 21.9 Å². The van der Waals surface area contributed by atoms with E-state index in [0.29, 0.717) is 6.04 Å². The highest BCUT2D eigenvalue weighted by Gasteiger charge is 2.31. The first-order valence-corrected chi connectivity index (χ1v) is 9.84. The van der Waals surface area contributed by atoms with Gasteiger partial charge in [0.05, 0.1) is 0 Å². The highest BCUT2D eigenvalue weighted by atomic mass is 32.1. The summed E-state index contributed by atoms with van der Waals surface area (Å²) in [6, 6.07) is 5.01. The standard InChI is InChI=1S/C19H32N2O2S/c1-14(20-13-17-10-9-15(2)24-17)12-16-8-6-7-11-21(16)18(22)23-19(3,4)5/h9-10,14,16,20H,6-8,11-13H2,1-5H3. The number of hydrogen-bond donors (Lipinski definition) is 1. The summed E-state index contributed by atoms with van der Waals surface area (Å²) in [5.41, 5.74) is -0.431. The third kappa shape index (κ3) is 6.10. The molecule has 0 aliphatic carbocycles. The van der Waals surface area contributed by atoms with E-state index in [2.05, 4.69) is 31.3 Å². The Hall–Kier alpha value is -1.07. The number of amides is 1. The van der Waals surface area contributed by atoms with Crippen molar-refractivity contribution in [1.82, 2.24) is 10.2 Å². The Bertz CT molecular complexity index is 536. The van der Waals surface area contributed by atoms with Crippen molar-refractivity contribution in [2.45, 2.75) is 84.5 Å². The zero-order valence-corrected chi connectivity index (χ0v) is 16.5. The van der Waals surface area contributed by atoms with Gasteiger partial charge in [-0.2, -0.15) is 0 Å². The van der Waals surface area contributed by atoms with Gasteiger partial charge < -0.3 is 15.0 Å². The van der Waals surface area contributed by atoms with E-state index >= 15 is 0 Å². The second-order valence-corrected chi connectivity index (χ2v) is 9.23. The molecule has 1 aliphatic rings. The molecule has 1 saturated heterocycles. The molecule has 136 valence electrons. The molecule has 4 nitrogen and oxygen atoms in total. The molecule has 2 heterocycles.